The van der Waals surface area contributed by atoms with Crippen LogP contribution in [0.1, 0.15) is 51.3 Å². The second-order valence-corrected chi connectivity index (χ2v) is 18.5. The van der Waals surface area contributed by atoms with Crippen LogP contribution in [0.5, 0.6) is 0 Å². The van der Waals surface area contributed by atoms with Crippen LogP contribution in [-0.2, 0) is 34.3 Å². The maximum Gasteiger partial charge on any atom is 0.418 e. The number of nitrogens with zero attached hydrogens (tertiary/aromatic N) is 5. The smallest absolute Gasteiger partial charge is 0.418 e. The van der Waals surface area contributed by atoms with Crippen LogP contribution in [0.25, 0.3) is 22.3 Å². The maximum absolute atomic E-state index is 14.1. The van der Waals surface area contributed by atoms with Crippen LogP contribution in [0.3, 0.4) is 0 Å². The summed E-state index contributed by atoms with van der Waals surface area (Å²) in [5.41, 5.74) is 0.836. The van der Waals surface area contributed by atoms with Crippen molar-refractivity contribution in [2.75, 3.05) is 19.7 Å². The number of ether oxygens (including phenoxy) is 2. The van der Waals surface area contributed by atoms with E-state index in [1.807, 2.05) is 31.5 Å². The Morgan fingerprint density at radius 3 is 2.59 bits per heavy atom. The fraction of sp³-hybridized carbons (Fsp3) is 0.621. The Labute approximate surface area is 238 Å². The summed E-state index contributed by atoms with van der Waals surface area (Å²) in [4.78, 5) is 18.9. The zero-order valence-electron chi connectivity index (χ0n) is 24.2. The van der Waals surface area contributed by atoms with E-state index < -0.39 is 25.4 Å². The summed E-state index contributed by atoms with van der Waals surface area (Å²) < 4.78 is 57.0. The Bertz CT molecular complexity index is 1470. The predicted octanol–water partition coefficient (Wildman–Crippen LogP) is 6.66. The number of hydrogen-bond donors (Lipinski definition) is 0. The fourth-order valence-corrected chi connectivity index (χ4v) is 9.22. The maximum atomic E-state index is 14.1. The molecule has 3 aromatic heterocycles. The van der Waals surface area contributed by atoms with E-state index in [0.717, 1.165) is 30.8 Å². The van der Waals surface area contributed by atoms with Gasteiger partial charge in [0, 0.05) is 60.7 Å². The first-order chi connectivity index (χ1) is 19.3. The number of alkyl halides is 3. The van der Waals surface area contributed by atoms with Gasteiger partial charge in [0.2, 0.25) is 0 Å². The molecule has 0 aliphatic carbocycles. The van der Waals surface area contributed by atoms with E-state index in [2.05, 4.69) is 11.5 Å². The molecular formula is C29H38F3N5O3Si. The molecule has 222 valence electrons. The second kappa shape index (κ2) is 9.86. The van der Waals surface area contributed by atoms with Crippen molar-refractivity contribution in [2.45, 2.75) is 95.2 Å². The van der Waals surface area contributed by atoms with Crippen molar-refractivity contribution < 1.29 is 27.4 Å². The monoisotopic (exact) mass is 589 g/mol. The number of fused-ring (bicyclic) bond motifs is 3. The van der Waals surface area contributed by atoms with Crippen molar-refractivity contribution in [2.24, 2.45) is 0 Å². The fourth-order valence-electron chi connectivity index (χ4n) is 6.52. The molecular weight excluding hydrogens is 551 g/mol. The summed E-state index contributed by atoms with van der Waals surface area (Å²) in [7, 11) is -1.16. The lowest BCUT2D eigenvalue weighted by molar-refractivity contribution is -0.136. The van der Waals surface area contributed by atoms with Gasteiger partial charge < -0.3 is 18.9 Å². The SMILES string of the molecule is CC(C)(C)OC(=O)N1CCC2(CCn3nc(-c4cnc5c(c4)c(C(F)(F)F)cn5COCC[Si]4(C)CCC4)cc32)C1. The van der Waals surface area contributed by atoms with E-state index in [1.54, 1.807) is 11.1 Å². The van der Waals surface area contributed by atoms with Gasteiger partial charge in [-0.1, -0.05) is 25.1 Å². The lowest BCUT2D eigenvalue weighted by Crippen LogP contribution is -2.38. The number of hydrogen-bond acceptors (Lipinski definition) is 5. The number of carbonyl (C=O) groups is 1. The summed E-state index contributed by atoms with van der Waals surface area (Å²) in [6, 6.07) is 7.15. The zero-order valence-corrected chi connectivity index (χ0v) is 25.2. The number of aromatic nitrogens is 4. The average molecular weight is 590 g/mol. The summed E-state index contributed by atoms with van der Waals surface area (Å²) in [5.74, 6) is 0. The Kier molecular flexibility index (Phi) is 6.80. The van der Waals surface area contributed by atoms with Gasteiger partial charge in [0.25, 0.3) is 0 Å². The third-order valence-electron chi connectivity index (χ3n) is 9.09. The quantitative estimate of drug-likeness (QED) is 0.238. The number of likely N-dealkylation sites (tertiary alicyclic amines) is 1. The number of halogens is 3. The number of amides is 1. The van der Waals surface area contributed by atoms with E-state index in [0.29, 0.717) is 37.5 Å². The van der Waals surface area contributed by atoms with Crippen LogP contribution in [0, 0.1) is 0 Å². The minimum atomic E-state index is -4.52. The third kappa shape index (κ3) is 5.40. The molecule has 6 rings (SSSR count). The average Bonchev–Trinajstić information content (AvgIpc) is 3.63. The van der Waals surface area contributed by atoms with E-state index in [9.17, 15) is 18.0 Å². The number of rotatable bonds is 6. The molecule has 1 unspecified atom stereocenters. The lowest BCUT2D eigenvalue weighted by Gasteiger charge is -2.36. The predicted molar refractivity (Wildman–Crippen MR) is 151 cm³/mol. The number of aryl methyl sites for hydroxylation is 1. The summed E-state index contributed by atoms with van der Waals surface area (Å²) in [6.07, 6.45) is 0.785. The van der Waals surface area contributed by atoms with Gasteiger partial charge in [-0.3, -0.25) is 4.68 Å². The molecule has 0 saturated carbocycles. The highest BCUT2D eigenvalue weighted by molar-refractivity contribution is 6.81. The Hall–Kier alpha value is -2.86. The number of carbonyl (C=O) groups excluding carboxylic acids is 1. The minimum Gasteiger partial charge on any atom is -0.444 e. The third-order valence-corrected chi connectivity index (χ3v) is 13.6. The molecule has 0 aromatic carbocycles. The topological polar surface area (TPSA) is 74.4 Å². The van der Waals surface area contributed by atoms with Gasteiger partial charge in [-0.05, 0) is 51.8 Å². The Morgan fingerprint density at radius 2 is 1.90 bits per heavy atom. The number of pyridine rings is 1. The first kappa shape index (κ1) is 28.3. The van der Waals surface area contributed by atoms with Gasteiger partial charge in [-0.2, -0.15) is 18.3 Å². The van der Waals surface area contributed by atoms with Gasteiger partial charge in [0.05, 0.1) is 19.3 Å². The lowest BCUT2D eigenvalue weighted by atomic mass is 9.82. The molecule has 3 aromatic rings. The second-order valence-electron chi connectivity index (χ2n) is 13.4. The summed E-state index contributed by atoms with van der Waals surface area (Å²) in [5, 5.41) is 4.79. The molecule has 1 amide bonds. The first-order valence-corrected chi connectivity index (χ1v) is 17.6. The molecule has 12 heteroatoms. The molecule has 0 radical (unpaired) electrons. The van der Waals surface area contributed by atoms with Crippen LogP contribution in [0.4, 0.5) is 18.0 Å². The molecule has 2 fully saturated rings. The van der Waals surface area contributed by atoms with Gasteiger partial charge in [-0.15, -0.1) is 0 Å². The molecule has 3 aliphatic rings. The molecule has 0 N–H and O–H groups in total. The van der Waals surface area contributed by atoms with Gasteiger partial charge in [-0.25, -0.2) is 9.78 Å². The molecule has 0 bridgehead atoms. The Morgan fingerprint density at radius 1 is 1.15 bits per heavy atom. The molecule has 2 saturated heterocycles. The largest absolute Gasteiger partial charge is 0.444 e. The van der Waals surface area contributed by atoms with E-state index in [1.165, 1.54) is 29.1 Å². The van der Waals surface area contributed by atoms with Gasteiger partial charge >= 0.3 is 12.3 Å². The van der Waals surface area contributed by atoms with Crippen LogP contribution in [0.2, 0.25) is 24.7 Å². The van der Waals surface area contributed by atoms with Crippen molar-refractivity contribution >= 4 is 25.2 Å². The molecule has 3 aliphatic heterocycles. The highest BCUT2D eigenvalue weighted by Gasteiger charge is 2.47. The van der Waals surface area contributed by atoms with Crippen LogP contribution in [0.15, 0.2) is 24.5 Å². The van der Waals surface area contributed by atoms with Crippen molar-refractivity contribution in [3.63, 3.8) is 0 Å². The van der Waals surface area contributed by atoms with Gasteiger partial charge in [0.1, 0.15) is 18.0 Å². The van der Waals surface area contributed by atoms with E-state index in [-0.39, 0.29) is 29.3 Å². The Balaban J connectivity index is 1.23. The van der Waals surface area contributed by atoms with Crippen molar-refractivity contribution in [3.05, 3.63) is 35.8 Å². The van der Waals surface area contributed by atoms with Crippen molar-refractivity contribution in [3.8, 4) is 11.3 Å². The summed E-state index contributed by atoms with van der Waals surface area (Å²) in [6.45, 7) is 10.3. The van der Waals surface area contributed by atoms with Crippen molar-refractivity contribution in [1.29, 1.82) is 0 Å². The zero-order chi connectivity index (χ0) is 29.2. The molecule has 1 atom stereocenters. The molecule has 8 nitrogen and oxygen atoms in total. The standard InChI is InChI=1S/C29H38F3N5O3Si/c1-27(2,3)40-26(38)35-8-6-28(18-35)7-9-37-24(28)15-23(34-37)20-14-21-22(29(30,31)32)17-36(25(21)33-16-20)19-39-10-13-41(4)11-5-12-41/h14-17H,5-13,18-19H2,1-4H3. The first-order valence-electron chi connectivity index (χ1n) is 14.5. The highest BCUT2D eigenvalue weighted by Crippen LogP contribution is 2.44. The van der Waals surface area contributed by atoms with Crippen LogP contribution < -0.4 is 0 Å². The normalized spacial score (nSPS) is 22.0. The van der Waals surface area contributed by atoms with Gasteiger partial charge in [0.15, 0.2) is 0 Å². The summed E-state index contributed by atoms with van der Waals surface area (Å²) >= 11 is 0. The van der Waals surface area contributed by atoms with Crippen LogP contribution in [-0.4, -0.2) is 63.7 Å². The minimum absolute atomic E-state index is 0.0405. The molecule has 41 heavy (non-hydrogen) atoms. The van der Waals surface area contributed by atoms with E-state index in [4.69, 9.17) is 14.6 Å². The van der Waals surface area contributed by atoms with Crippen LogP contribution >= 0.6 is 0 Å². The van der Waals surface area contributed by atoms with Crippen molar-refractivity contribution in [1.82, 2.24) is 24.2 Å². The van der Waals surface area contributed by atoms with E-state index >= 15 is 0 Å². The molecule has 1 spiro atoms. The molecule has 6 heterocycles. The highest BCUT2D eigenvalue weighted by atomic mass is 28.3.